The monoisotopic (exact) mass is 298 g/mol. The summed E-state index contributed by atoms with van der Waals surface area (Å²) in [7, 11) is 0. The summed E-state index contributed by atoms with van der Waals surface area (Å²) in [5, 5.41) is 9.61. The molecular weight excluding hydrogens is 285 g/mol. The molecule has 112 valence electrons. The largest absolute Gasteiger partial charge is 0.405 e. The lowest BCUT2D eigenvalue weighted by Crippen LogP contribution is -2.37. The van der Waals surface area contributed by atoms with Crippen LogP contribution in [0.25, 0.3) is 10.9 Å². The van der Waals surface area contributed by atoms with Gasteiger partial charge in [-0.25, -0.2) is 4.98 Å². The molecule has 0 saturated heterocycles. The van der Waals surface area contributed by atoms with Crippen molar-refractivity contribution in [3.8, 4) is 0 Å². The van der Waals surface area contributed by atoms with Crippen LogP contribution in [0.2, 0.25) is 0 Å². The SMILES string of the molecule is O=Cc1cc2ccccc2nc1N(CCO)CC(F)(F)F. The summed E-state index contributed by atoms with van der Waals surface area (Å²) in [5.74, 6) is -0.0740. The van der Waals surface area contributed by atoms with Crippen LogP contribution in [0.5, 0.6) is 0 Å². The summed E-state index contributed by atoms with van der Waals surface area (Å²) in [6.07, 6.45) is -3.99. The number of halogens is 3. The number of para-hydroxylation sites is 1. The highest BCUT2D eigenvalue weighted by Crippen LogP contribution is 2.25. The summed E-state index contributed by atoms with van der Waals surface area (Å²) in [5.41, 5.74) is 0.551. The number of anilines is 1. The fraction of sp³-hybridized carbons (Fsp3) is 0.286. The molecule has 0 aliphatic carbocycles. The molecule has 4 nitrogen and oxygen atoms in total. The van der Waals surface area contributed by atoms with Crippen LogP contribution in [0.3, 0.4) is 0 Å². The number of aliphatic hydroxyl groups excluding tert-OH is 1. The molecule has 7 heteroatoms. The number of aliphatic hydroxyl groups is 1. The summed E-state index contributed by atoms with van der Waals surface area (Å²) >= 11 is 0. The molecule has 0 aliphatic heterocycles. The van der Waals surface area contributed by atoms with E-state index < -0.39 is 19.3 Å². The summed E-state index contributed by atoms with van der Waals surface area (Å²) in [6.45, 7) is -2.01. The lowest BCUT2D eigenvalue weighted by atomic mass is 10.1. The molecule has 0 bridgehead atoms. The van der Waals surface area contributed by atoms with Gasteiger partial charge in [0.2, 0.25) is 0 Å². The Kier molecular flexibility index (Phi) is 4.42. The third-order valence-corrected chi connectivity index (χ3v) is 2.90. The van der Waals surface area contributed by atoms with Gasteiger partial charge in [-0.1, -0.05) is 18.2 Å². The van der Waals surface area contributed by atoms with Gasteiger partial charge >= 0.3 is 6.18 Å². The van der Waals surface area contributed by atoms with E-state index in [0.29, 0.717) is 17.2 Å². The predicted molar refractivity (Wildman–Crippen MR) is 72.5 cm³/mol. The van der Waals surface area contributed by atoms with Gasteiger partial charge in [0.25, 0.3) is 0 Å². The smallest absolute Gasteiger partial charge is 0.395 e. The lowest BCUT2D eigenvalue weighted by Gasteiger charge is -2.25. The highest BCUT2D eigenvalue weighted by molar-refractivity contribution is 5.91. The first kappa shape index (κ1) is 15.2. The highest BCUT2D eigenvalue weighted by atomic mass is 19.4. The Labute approximate surface area is 118 Å². The molecule has 0 radical (unpaired) electrons. The number of hydrogen-bond donors (Lipinski definition) is 1. The number of carbonyl (C=O) groups excluding carboxylic acids is 1. The number of pyridine rings is 1. The average Bonchev–Trinajstić information content (AvgIpc) is 2.44. The first-order valence-electron chi connectivity index (χ1n) is 6.22. The van der Waals surface area contributed by atoms with Crippen molar-refractivity contribution < 1.29 is 23.1 Å². The van der Waals surface area contributed by atoms with Crippen LogP contribution in [-0.4, -0.2) is 42.2 Å². The highest BCUT2D eigenvalue weighted by Gasteiger charge is 2.32. The molecule has 0 atom stereocenters. The molecule has 21 heavy (non-hydrogen) atoms. The number of hydrogen-bond acceptors (Lipinski definition) is 4. The molecule has 1 aromatic carbocycles. The number of aromatic nitrogens is 1. The topological polar surface area (TPSA) is 53.4 Å². The minimum Gasteiger partial charge on any atom is -0.395 e. The van der Waals surface area contributed by atoms with Gasteiger partial charge in [-0.15, -0.1) is 0 Å². The van der Waals surface area contributed by atoms with Gasteiger partial charge in [-0.3, -0.25) is 4.79 Å². The molecule has 2 rings (SSSR count). The Morgan fingerprint density at radius 3 is 2.62 bits per heavy atom. The molecule has 1 aromatic heterocycles. The quantitative estimate of drug-likeness (QED) is 0.861. The molecule has 2 aromatic rings. The zero-order valence-corrected chi connectivity index (χ0v) is 11.0. The Balaban J connectivity index is 2.51. The predicted octanol–water partition coefficient (Wildman–Crippen LogP) is 2.41. The first-order chi connectivity index (χ1) is 9.94. The van der Waals surface area contributed by atoms with Crippen molar-refractivity contribution in [2.45, 2.75) is 6.18 Å². The minimum absolute atomic E-state index is 0.0615. The maximum absolute atomic E-state index is 12.6. The lowest BCUT2D eigenvalue weighted by molar-refractivity contribution is -0.120. The van der Waals surface area contributed by atoms with Crippen molar-refractivity contribution in [2.24, 2.45) is 0 Å². The molecule has 0 aliphatic rings. The summed E-state index contributed by atoms with van der Waals surface area (Å²) < 4.78 is 37.9. The molecular formula is C14H13F3N2O2. The second-order valence-electron chi connectivity index (χ2n) is 4.47. The fourth-order valence-electron chi connectivity index (χ4n) is 2.06. The zero-order valence-electron chi connectivity index (χ0n) is 11.0. The summed E-state index contributed by atoms with van der Waals surface area (Å²) in [4.78, 5) is 16.1. The van der Waals surface area contributed by atoms with E-state index in [0.717, 1.165) is 4.90 Å². The van der Waals surface area contributed by atoms with E-state index in [1.165, 1.54) is 6.07 Å². The average molecular weight is 298 g/mol. The Hall–Kier alpha value is -2.15. The number of alkyl halides is 3. The number of fused-ring (bicyclic) bond motifs is 1. The Morgan fingerprint density at radius 2 is 2.00 bits per heavy atom. The number of nitrogens with zero attached hydrogens (tertiary/aromatic N) is 2. The standard InChI is InChI=1S/C14H13F3N2O2/c15-14(16,17)9-19(5-6-20)13-11(8-21)7-10-3-1-2-4-12(10)18-13/h1-4,7-8,20H,5-6,9H2. The molecule has 0 spiro atoms. The van der Waals surface area contributed by atoms with Crippen LogP contribution < -0.4 is 4.90 Å². The molecule has 0 unspecified atom stereocenters. The fourth-order valence-corrected chi connectivity index (χ4v) is 2.06. The van der Waals surface area contributed by atoms with E-state index in [1.807, 2.05) is 0 Å². The van der Waals surface area contributed by atoms with Crippen LogP contribution in [0.4, 0.5) is 19.0 Å². The third kappa shape index (κ3) is 3.69. The van der Waals surface area contributed by atoms with Crippen LogP contribution >= 0.6 is 0 Å². The van der Waals surface area contributed by atoms with E-state index in [4.69, 9.17) is 5.11 Å². The second-order valence-corrected chi connectivity index (χ2v) is 4.47. The number of carbonyl (C=O) groups is 1. The van der Waals surface area contributed by atoms with E-state index in [1.54, 1.807) is 24.3 Å². The van der Waals surface area contributed by atoms with Crippen molar-refractivity contribution in [1.29, 1.82) is 0 Å². The maximum Gasteiger partial charge on any atom is 0.405 e. The van der Waals surface area contributed by atoms with E-state index in [9.17, 15) is 18.0 Å². The number of rotatable bonds is 5. The molecule has 0 amide bonds. The normalized spacial score (nSPS) is 11.6. The molecule has 1 N–H and O–H groups in total. The number of aldehydes is 1. The molecule has 1 heterocycles. The molecule has 0 saturated carbocycles. The van der Waals surface area contributed by atoms with Crippen LogP contribution in [-0.2, 0) is 0 Å². The van der Waals surface area contributed by atoms with Crippen molar-refractivity contribution in [3.05, 3.63) is 35.9 Å². The van der Waals surface area contributed by atoms with Gasteiger partial charge in [0.1, 0.15) is 12.4 Å². The minimum atomic E-state index is -4.46. The van der Waals surface area contributed by atoms with Crippen molar-refractivity contribution >= 4 is 23.0 Å². The van der Waals surface area contributed by atoms with Gasteiger partial charge in [0, 0.05) is 11.9 Å². The maximum atomic E-state index is 12.6. The molecule has 0 fully saturated rings. The second kappa shape index (κ2) is 6.09. The van der Waals surface area contributed by atoms with Gasteiger partial charge in [-0.2, -0.15) is 13.2 Å². The summed E-state index contributed by atoms with van der Waals surface area (Å²) in [6, 6.07) is 8.32. The van der Waals surface area contributed by atoms with E-state index in [2.05, 4.69) is 4.98 Å². The third-order valence-electron chi connectivity index (χ3n) is 2.90. The zero-order chi connectivity index (χ0) is 15.5. The first-order valence-corrected chi connectivity index (χ1v) is 6.22. The van der Waals surface area contributed by atoms with Gasteiger partial charge in [0.05, 0.1) is 17.7 Å². The van der Waals surface area contributed by atoms with Gasteiger partial charge < -0.3 is 10.0 Å². The van der Waals surface area contributed by atoms with Crippen molar-refractivity contribution in [1.82, 2.24) is 4.98 Å². The van der Waals surface area contributed by atoms with Crippen LogP contribution in [0, 0.1) is 0 Å². The van der Waals surface area contributed by atoms with Gasteiger partial charge in [0.15, 0.2) is 6.29 Å². The van der Waals surface area contributed by atoms with E-state index in [-0.39, 0.29) is 17.9 Å². The van der Waals surface area contributed by atoms with Gasteiger partial charge in [-0.05, 0) is 12.1 Å². The van der Waals surface area contributed by atoms with Crippen LogP contribution in [0.1, 0.15) is 10.4 Å². The van der Waals surface area contributed by atoms with Crippen molar-refractivity contribution in [2.75, 3.05) is 24.6 Å². The van der Waals surface area contributed by atoms with Crippen molar-refractivity contribution in [3.63, 3.8) is 0 Å². The Morgan fingerprint density at radius 1 is 1.29 bits per heavy atom. The van der Waals surface area contributed by atoms with Crippen LogP contribution in [0.15, 0.2) is 30.3 Å². The van der Waals surface area contributed by atoms with E-state index >= 15 is 0 Å². The number of benzene rings is 1. The Bertz CT molecular complexity index is 644.